The number of aliphatic hydroxyl groups is 1. The van der Waals surface area contributed by atoms with Gasteiger partial charge in [0.1, 0.15) is 0 Å². The van der Waals surface area contributed by atoms with Crippen molar-refractivity contribution in [2.24, 2.45) is 5.73 Å². The Labute approximate surface area is 175 Å². The van der Waals surface area contributed by atoms with Crippen LogP contribution in [-0.4, -0.2) is 42.4 Å². The molecule has 0 spiro atoms. The Bertz CT molecular complexity index is 330. The molecule has 0 aromatic carbocycles. The fourth-order valence-electron chi connectivity index (χ4n) is 3.23. The van der Waals surface area contributed by atoms with E-state index in [-0.39, 0.29) is 16.7 Å². The largest absolute Gasteiger partial charge is 0.633 e. The van der Waals surface area contributed by atoms with Crippen LogP contribution in [0.3, 0.4) is 0 Å². The van der Waals surface area contributed by atoms with Gasteiger partial charge in [-0.2, -0.15) is 0 Å². The molecule has 1 amide bonds. The first-order valence-corrected chi connectivity index (χ1v) is 11.7. The second-order valence-corrected chi connectivity index (χ2v) is 8.63. The predicted octanol–water partition coefficient (Wildman–Crippen LogP) is 5.67. The van der Waals surface area contributed by atoms with Crippen LogP contribution in [0.4, 0.5) is 0 Å². The summed E-state index contributed by atoms with van der Waals surface area (Å²) in [6.45, 7) is 4.95. The summed E-state index contributed by atoms with van der Waals surface area (Å²) in [5.74, 6) is -0.178. The third-order valence-corrected chi connectivity index (χ3v) is 4.86. The predicted molar refractivity (Wildman–Crippen MR) is 121 cm³/mol. The van der Waals surface area contributed by atoms with Crippen molar-refractivity contribution < 1.29 is 14.5 Å². The molecule has 0 aliphatic heterocycles. The zero-order chi connectivity index (χ0) is 21.7. The fraction of sp³-hybridized carbons (Fsp3) is 0.957. The van der Waals surface area contributed by atoms with Crippen molar-refractivity contribution in [3.63, 3.8) is 0 Å². The number of amides is 1. The van der Waals surface area contributed by atoms with Crippen molar-refractivity contribution in [1.82, 2.24) is 0 Å². The van der Waals surface area contributed by atoms with Gasteiger partial charge >= 0.3 is 0 Å². The zero-order valence-electron chi connectivity index (χ0n) is 19.4. The van der Waals surface area contributed by atoms with Crippen LogP contribution in [0.15, 0.2) is 0 Å². The van der Waals surface area contributed by atoms with Crippen molar-refractivity contribution in [1.29, 1.82) is 0 Å². The summed E-state index contributed by atoms with van der Waals surface area (Å²) in [6, 6.07) is 0. The van der Waals surface area contributed by atoms with E-state index in [0.29, 0.717) is 6.42 Å². The van der Waals surface area contributed by atoms with Gasteiger partial charge in [0, 0.05) is 6.42 Å². The minimum atomic E-state index is -0.178. The van der Waals surface area contributed by atoms with Gasteiger partial charge in [0.25, 0.3) is 0 Å². The number of unbranched alkanes of at least 4 members (excludes halogenated alkanes) is 10. The highest BCUT2D eigenvalue weighted by molar-refractivity contribution is 5.73. The Kier molecular flexibility index (Phi) is 22.2. The molecule has 5 nitrogen and oxygen atoms in total. The molecule has 5 heteroatoms. The second kappa shape index (κ2) is 21.1. The number of nitrogens with two attached hydrogens (primary N) is 1. The zero-order valence-corrected chi connectivity index (χ0v) is 19.4. The standard InChI is InChI=1S/C18H37NO2.C5H13NO/c1-2-3-4-11-14-17(20)15-12-9-7-5-6-8-10-13-16-18(19)21;1-4-5-6(2,3)7/h17,20H,2-16H2,1H3,(H2,19,21);4-5H2,1-3H3. The molecule has 1 unspecified atom stereocenters. The Morgan fingerprint density at radius 2 is 1.25 bits per heavy atom. The minimum absolute atomic E-state index is 0.0735. The van der Waals surface area contributed by atoms with Crippen LogP contribution in [0.2, 0.25) is 0 Å². The molecular weight excluding hydrogens is 352 g/mol. The number of hydrogen-bond acceptors (Lipinski definition) is 3. The number of aliphatic hydroxyl groups excluding tert-OH is 1. The summed E-state index contributed by atoms with van der Waals surface area (Å²) >= 11 is 0. The van der Waals surface area contributed by atoms with Crippen LogP contribution in [0, 0.1) is 5.21 Å². The summed E-state index contributed by atoms with van der Waals surface area (Å²) in [5, 5.41) is 20.5. The van der Waals surface area contributed by atoms with Crippen molar-refractivity contribution in [3.05, 3.63) is 5.21 Å². The quantitative estimate of drug-likeness (QED) is 0.176. The molecule has 1 atom stereocenters. The highest BCUT2D eigenvalue weighted by Gasteiger charge is 2.03. The summed E-state index contributed by atoms with van der Waals surface area (Å²) in [4.78, 5) is 10.6. The number of quaternary nitrogens is 1. The molecule has 0 aromatic rings. The van der Waals surface area contributed by atoms with E-state index in [2.05, 4.69) is 6.92 Å². The first-order valence-electron chi connectivity index (χ1n) is 11.7. The van der Waals surface area contributed by atoms with Crippen LogP contribution in [0.25, 0.3) is 0 Å². The molecule has 170 valence electrons. The molecule has 0 aliphatic rings. The van der Waals surface area contributed by atoms with E-state index in [1.165, 1.54) is 57.8 Å². The van der Waals surface area contributed by atoms with Crippen molar-refractivity contribution in [2.75, 3.05) is 20.6 Å². The third kappa shape index (κ3) is 30.1. The third-order valence-electron chi connectivity index (χ3n) is 4.86. The van der Waals surface area contributed by atoms with Crippen LogP contribution >= 0.6 is 0 Å². The lowest BCUT2D eigenvalue weighted by Gasteiger charge is -2.33. The van der Waals surface area contributed by atoms with Crippen molar-refractivity contribution >= 4 is 5.91 Å². The van der Waals surface area contributed by atoms with E-state index in [4.69, 9.17) is 5.73 Å². The molecule has 0 aliphatic carbocycles. The second-order valence-electron chi connectivity index (χ2n) is 8.63. The maximum absolute atomic E-state index is 10.6. The summed E-state index contributed by atoms with van der Waals surface area (Å²) < 4.78 is -0.156. The average molecular weight is 403 g/mol. The average Bonchev–Trinajstić information content (AvgIpc) is 2.59. The van der Waals surface area contributed by atoms with Crippen LogP contribution < -0.4 is 5.73 Å². The molecule has 0 bridgehead atoms. The van der Waals surface area contributed by atoms with Crippen LogP contribution in [0.1, 0.15) is 117 Å². The number of rotatable bonds is 18. The van der Waals surface area contributed by atoms with Gasteiger partial charge in [-0.25, -0.2) is 0 Å². The minimum Gasteiger partial charge on any atom is -0.633 e. The molecule has 0 rings (SSSR count). The molecule has 0 saturated heterocycles. The van der Waals surface area contributed by atoms with Crippen molar-refractivity contribution in [2.45, 2.75) is 123 Å². The molecule has 0 heterocycles. The van der Waals surface area contributed by atoms with E-state index in [0.717, 1.165) is 45.1 Å². The highest BCUT2D eigenvalue weighted by Crippen LogP contribution is 2.14. The molecule has 0 aromatic heterocycles. The molecule has 0 fully saturated rings. The Morgan fingerprint density at radius 1 is 0.821 bits per heavy atom. The summed E-state index contributed by atoms with van der Waals surface area (Å²) in [6.07, 6.45) is 17.9. The van der Waals surface area contributed by atoms with Crippen LogP contribution in [-0.2, 0) is 4.79 Å². The monoisotopic (exact) mass is 402 g/mol. The highest BCUT2D eigenvalue weighted by atomic mass is 16.5. The Hall–Kier alpha value is -0.650. The smallest absolute Gasteiger partial charge is 0.217 e. The van der Waals surface area contributed by atoms with Gasteiger partial charge in [-0.15, -0.1) is 0 Å². The molecular formula is C23H50N2O3. The normalized spacial score (nSPS) is 12.4. The number of hydroxylamine groups is 3. The number of carbonyl (C=O) groups excluding carboxylic acids is 1. The summed E-state index contributed by atoms with van der Waals surface area (Å²) in [5.41, 5.74) is 5.10. The number of primary amides is 1. The van der Waals surface area contributed by atoms with E-state index in [1.54, 1.807) is 14.1 Å². The van der Waals surface area contributed by atoms with Gasteiger partial charge in [0.05, 0.1) is 26.7 Å². The van der Waals surface area contributed by atoms with Gasteiger partial charge in [0.2, 0.25) is 5.91 Å². The first-order chi connectivity index (χ1) is 13.2. The topological polar surface area (TPSA) is 86.4 Å². The van der Waals surface area contributed by atoms with Gasteiger partial charge in [-0.3, -0.25) is 4.79 Å². The van der Waals surface area contributed by atoms with E-state index < -0.39 is 0 Å². The van der Waals surface area contributed by atoms with Gasteiger partial charge in [0.15, 0.2) is 0 Å². The van der Waals surface area contributed by atoms with Crippen LogP contribution in [0.5, 0.6) is 0 Å². The van der Waals surface area contributed by atoms with E-state index in [9.17, 15) is 15.1 Å². The van der Waals surface area contributed by atoms with Gasteiger partial charge in [-0.1, -0.05) is 84.5 Å². The van der Waals surface area contributed by atoms with E-state index >= 15 is 0 Å². The molecule has 3 N–H and O–H groups in total. The number of nitrogens with zero attached hydrogens (tertiary/aromatic N) is 1. The maximum atomic E-state index is 10.6. The fourth-order valence-corrected chi connectivity index (χ4v) is 3.23. The van der Waals surface area contributed by atoms with E-state index in [1.807, 2.05) is 6.92 Å². The Balaban J connectivity index is 0. The Morgan fingerprint density at radius 3 is 1.61 bits per heavy atom. The summed E-state index contributed by atoms with van der Waals surface area (Å²) in [7, 11) is 3.31. The number of hydrogen-bond donors (Lipinski definition) is 2. The van der Waals surface area contributed by atoms with Crippen molar-refractivity contribution in [3.8, 4) is 0 Å². The lowest BCUT2D eigenvalue weighted by molar-refractivity contribution is -0.839. The number of carbonyl (C=O) groups is 1. The van der Waals surface area contributed by atoms with Gasteiger partial charge < -0.3 is 20.7 Å². The lowest BCUT2D eigenvalue weighted by Crippen LogP contribution is -2.32. The molecule has 0 radical (unpaired) electrons. The molecule has 28 heavy (non-hydrogen) atoms. The SMILES string of the molecule is CCCCCCC(O)CCCCCCCCCCC(N)=O.CCC[N+](C)(C)[O-]. The molecule has 0 saturated carbocycles. The first kappa shape index (κ1) is 29.6. The lowest BCUT2D eigenvalue weighted by atomic mass is 10.0. The van der Waals surface area contributed by atoms with Gasteiger partial charge in [-0.05, 0) is 25.7 Å². The maximum Gasteiger partial charge on any atom is 0.217 e.